The normalized spacial score (nSPS) is 23.9. The van der Waals surface area contributed by atoms with Crippen LogP contribution < -0.4 is 0 Å². The quantitative estimate of drug-likeness (QED) is 0.690. The first kappa shape index (κ1) is 13.6. The second-order valence-electron chi connectivity index (χ2n) is 5.00. The minimum Gasteiger partial charge on any atom is -0.371 e. The average molecular weight is 228 g/mol. The van der Waals surface area contributed by atoms with E-state index in [-0.39, 0.29) is 18.5 Å². The summed E-state index contributed by atoms with van der Waals surface area (Å²) in [6.07, 6.45) is 0.740. The molecule has 1 heterocycles. The third-order valence-corrected chi connectivity index (χ3v) is 3.02. The lowest BCUT2D eigenvalue weighted by atomic mass is 10.1. The number of carbonyl (C=O) groups excluding carboxylic acids is 1. The van der Waals surface area contributed by atoms with Gasteiger partial charge < -0.3 is 14.5 Å². The van der Waals surface area contributed by atoms with Gasteiger partial charge >= 0.3 is 0 Å². The number of hydrogen-bond acceptors (Lipinski definition) is 4. The molecule has 1 atom stereocenters. The molecule has 1 unspecified atom stereocenters. The number of hydrogen-bond donors (Lipinski definition) is 0. The summed E-state index contributed by atoms with van der Waals surface area (Å²) in [7, 11) is 4.20. The Morgan fingerprint density at radius 1 is 1.38 bits per heavy atom. The van der Waals surface area contributed by atoms with E-state index in [9.17, 15) is 4.79 Å². The number of ketones is 1. The SMILES string of the molecule is CC(C)OCC(=O)CC1CN(C)CCN1C. The molecule has 1 rings (SSSR count). The van der Waals surface area contributed by atoms with E-state index in [1.165, 1.54) is 0 Å². The molecular formula is C12H24N2O2. The summed E-state index contributed by atoms with van der Waals surface area (Å²) in [6, 6.07) is 0.349. The molecule has 0 spiro atoms. The zero-order valence-electron chi connectivity index (χ0n) is 10.9. The van der Waals surface area contributed by atoms with E-state index in [1.54, 1.807) is 0 Å². The van der Waals surface area contributed by atoms with E-state index >= 15 is 0 Å². The highest BCUT2D eigenvalue weighted by molar-refractivity contribution is 5.80. The summed E-state index contributed by atoms with van der Waals surface area (Å²) in [6.45, 7) is 7.26. The van der Waals surface area contributed by atoms with Gasteiger partial charge in [-0.15, -0.1) is 0 Å². The monoisotopic (exact) mass is 228 g/mol. The van der Waals surface area contributed by atoms with Crippen molar-refractivity contribution in [3.8, 4) is 0 Å². The fraction of sp³-hybridized carbons (Fsp3) is 0.917. The maximum atomic E-state index is 11.7. The molecule has 0 aromatic rings. The molecule has 1 saturated heterocycles. The van der Waals surface area contributed by atoms with Gasteiger partial charge in [0, 0.05) is 32.1 Å². The Morgan fingerprint density at radius 2 is 2.06 bits per heavy atom. The van der Waals surface area contributed by atoms with Crippen molar-refractivity contribution in [2.45, 2.75) is 32.4 Å². The lowest BCUT2D eigenvalue weighted by molar-refractivity contribution is -0.126. The summed E-state index contributed by atoms with van der Waals surface area (Å²) < 4.78 is 5.33. The summed E-state index contributed by atoms with van der Waals surface area (Å²) in [5.41, 5.74) is 0. The lowest BCUT2D eigenvalue weighted by Crippen LogP contribution is -2.50. The molecule has 0 amide bonds. The van der Waals surface area contributed by atoms with Crippen LogP contribution in [0, 0.1) is 0 Å². The van der Waals surface area contributed by atoms with Gasteiger partial charge in [0.15, 0.2) is 5.78 Å². The van der Waals surface area contributed by atoms with E-state index in [0.29, 0.717) is 12.5 Å². The molecule has 0 aromatic carbocycles. The molecule has 0 aliphatic carbocycles. The Bertz CT molecular complexity index is 231. The summed E-state index contributed by atoms with van der Waals surface area (Å²) in [4.78, 5) is 16.2. The van der Waals surface area contributed by atoms with Crippen molar-refractivity contribution in [1.82, 2.24) is 9.80 Å². The Labute approximate surface area is 98.5 Å². The first-order valence-electron chi connectivity index (χ1n) is 6.01. The summed E-state index contributed by atoms with van der Waals surface area (Å²) in [5.74, 6) is 0.209. The van der Waals surface area contributed by atoms with Gasteiger partial charge in [-0.05, 0) is 27.9 Å². The number of Topliss-reactive ketones (excluding diaryl/α,β-unsaturated/α-hetero) is 1. The molecular weight excluding hydrogens is 204 g/mol. The fourth-order valence-corrected chi connectivity index (χ4v) is 1.90. The van der Waals surface area contributed by atoms with E-state index in [0.717, 1.165) is 19.6 Å². The van der Waals surface area contributed by atoms with Gasteiger partial charge in [-0.2, -0.15) is 0 Å². The van der Waals surface area contributed by atoms with Crippen molar-refractivity contribution in [2.75, 3.05) is 40.3 Å². The fourth-order valence-electron chi connectivity index (χ4n) is 1.90. The van der Waals surface area contributed by atoms with Crippen molar-refractivity contribution < 1.29 is 9.53 Å². The van der Waals surface area contributed by atoms with Gasteiger partial charge in [0.1, 0.15) is 6.61 Å². The minimum absolute atomic E-state index is 0.135. The molecule has 1 fully saturated rings. The number of nitrogens with zero attached hydrogens (tertiary/aromatic N) is 2. The second-order valence-corrected chi connectivity index (χ2v) is 5.00. The Morgan fingerprint density at radius 3 is 2.69 bits per heavy atom. The van der Waals surface area contributed by atoms with E-state index in [1.807, 2.05) is 13.8 Å². The highest BCUT2D eigenvalue weighted by Gasteiger charge is 2.24. The van der Waals surface area contributed by atoms with Crippen LogP contribution in [-0.2, 0) is 9.53 Å². The smallest absolute Gasteiger partial charge is 0.160 e. The zero-order chi connectivity index (χ0) is 12.1. The number of rotatable bonds is 5. The van der Waals surface area contributed by atoms with Crippen LogP contribution in [0.4, 0.5) is 0 Å². The number of ether oxygens (including phenoxy) is 1. The molecule has 0 saturated carbocycles. The maximum absolute atomic E-state index is 11.7. The standard InChI is InChI=1S/C12H24N2O2/c1-10(2)16-9-12(15)7-11-8-13(3)5-6-14(11)4/h10-11H,5-9H2,1-4H3. The summed E-state index contributed by atoms with van der Waals surface area (Å²) >= 11 is 0. The van der Waals surface area contributed by atoms with Gasteiger partial charge in [-0.1, -0.05) is 0 Å². The van der Waals surface area contributed by atoms with Gasteiger partial charge in [0.2, 0.25) is 0 Å². The van der Waals surface area contributed by atoms with E-state index in [4.69, 9.17) is 4.74 Å². The number of likely N-dealkylation sites (N-methyl/N-ethyl adjacent to an activating group) is 2. The van der Waals surface area contributed by atoms with Crippen molar-refractivity contribution in [3.63, 3.8) is 0 Å². The average Bonchev–Trinajstić information content (AvgIpc) is 2.20. The molecule has 94 valence electrons. The van der Waals surface area contributed by atoms with Crippen LogP contribution >= 0.6 is 0 Å². The van der Waals surface area contributed by atoms with Crippen molar-refractivity contribution in [3.05, 3.63) is 0 Å². The van der Waals surface area contributed by atoms with Crippen LogP contribution in [0.15, 0.2) is 0 Å². The van der Waals surface area contributed by atoms with E-state index in [2.05, 4.69) is 23.9 Å². The van der Waals surface area contributed by atoms with Gasteiger partial charge in [0.25, 0.3) is 0 Å². The van der Waals surface area contributed by atoms with Crippen LogP contribution in [0.25, 0.3) is 0 Å². The number of piperazine rings is 1. The zero-order valence-corrected chi connectivity index (χ0v) is 10.9. The molecule has 0 bridgehead atoms. The topological polar surface area (TPSA) is 32.8 Å². The Hall–Kier alpha value is -0.450. The first-order valence-corrected chi connectivity index (χ1v) is 6.01. The molecule has 0 N–H and O–H groups in total. The lowest BCUT2D eigenvalue weighted by Gasteiger charge is -2.37. The molecule has 0 aromatic heterocycles. The van der Waals surface area contributed by atoms with Crippen molar-refractivity contribution in [2.24, 2.45) is 0 Å². The first-order chi connectivity index (χ1) is 7.49. The third kappa shape index (κ3) is 4.60. The number of carbonyl (C=O) groups is 1. The van der Waals surface area contributed by atoms with Crippen LogP contribution in [-0.4, -0.2) is 68.1 Å². The molecule has 1 aliphatic heterocycles. The van der Waals surface area contributed by atoms with Gasteiger partial charge in [-0.3, -0.25) is 4.79 Å². The Balaban J connectivity index is 2.31. The van der Waals surface area contributed by atoms with Gasteiger partial charge in [0.05, 0.1) is 6.10 Å². The molecule has 4 heteroatoms. The minimum atomic E-state index is 0.135. The van der Waals surface area contributed by atoms with Crippen LogP contribution in [0.1, 0.15) is 20.3 Å². The molecule has 0 radical (unpaired) electrons. The van der Waals surface area contributed by atoms with Crippen LogP contribution in [0.3, 0.4) is 0 Å². The molecule has 16 heavy (non-hydrogen) atoms. The summed E-state index contributed by atoms with van der Waals surface area (Å²) in [5, 5.41) is 0. The highest BCUT2D eigenvalue weighted by Crippen LogP contribution is 2.10. The predicted octanol–water partition coefficient (Wildman–Crippen LogP) is 0.616. The van der Waals surface area contributed by atoms with Crippen molar-refractivity contribution in [1.29, 1.82) is 0 Å². The van der Waals surface area contributed by atoms with E-state index < -0.39 is 0 Å². The highest BCUT2D eigenvalue weighted by atomic mass is 16.5. The third-order valence-electron chi connectivity index (χ3n) is 3.02. The predicted molar refractivity (Wildman–Crippen MR) is 64.6 cm³/mol. The largest absolute Gasteiger partial charge is 0.371 e. The molecule has 4 nitrogen and oxygen atoms in total. The maximum Gasteiger partial charge on any atom is 0.160 e. The van der Waals surface area contributed by atoms with Crippen LogP contribution in [0.2, 0.25) is 0 Å². The van der Waals surface area contributed by atoms with Crippen LogP contribution in [0.5, 0.6) is 0 Å². The second kappa shape index (κ2) is 6.33. The van der Waals surface area contributed by atoms with Gasteiger partial charge in [-0.25, -0.2) is 0 Å². The molecule has 1 aliphatic rings. The van der Waals surface area contributed by atoms with Crippen molar-refractivity contribution >= 4 is 5.78 Å². The Kier molecular flexibility index (Phi) is 5.38.